The van der Waals surface area contributed by atoms with Crippen molar-refractivity contribution in [3.05, 3.63) is 47.6 Å². The Kier molecular flexibility index (Phi) is 21.0. The number of fused-ring (bicyclic) bond motifs is 3. The van der Waals surface area contributed by atoms with Crippen LogP contribution in [0.2, 0.25) is 0 Å². The molecule has 0 aromatic carbocycles. The normalized spacial score (nSPS) is 40.4. The van der Waals surface area contributed by atoms with Crippen molar-refractivity contribution in [2.24, 2.45) is 35.5 Å². The van der Waals surface area contributed by atoms with E-state index in [4.69, 9.17) is 23.7 Å². The predicted octanol–water partition coefficient (Wildman–Crippen LogP) is 6.18. The van der Waals surface area contributed by atoms with Crippen LogP contribution in [0.15, 0.2) is 47.6 Å². The largest absolute Gasteiger partial charge is 0.460 e. The number of cyclic esters (lactones) is 1. The maximum absolute atomic E-state index is 14.4. The minimum absolute atomic E-state index is 0.0193. The number of ether oxygens (including phenoxy) is 5. The molecule has 1 amide bonds. The molecule has 0 radical (unpaired) electrons. The van der Waals surface area contributed by atoms with Crippen LogP contribution in [-0.4, -0.2) is 132 Å². The van der Waals surface area contributed by atoms with Gasteiger partial charge in [-0.05, 0) is 107 Å². The number of allylic oxidation sites excluding steroid dienone is 6. The smallest absolute Gasteiger partial charge is 0.329 e. The number of carbonyl (C=O) groups is 5. The first-order valence-corrected chi connectivity index (χ1v) is 23.9. The molecule has 0 unspecified atom stereocenters. The highest BCUT2D eigenvalue weighted by molar-refractivity contribution is 6.39. The molecule has 0 aromatic rings. The standard InChI is InChI=1S/C51H79NO13/c1-30-16-12-11-13-17-31(2)42(61-8)28-38-21-19-36(7)51(60,65-38)48(57)49(58)52-23-15-14-18-39(52)50(59)64-43(33(4)26-37-20-22-40(53)44(27-37)62-9)29-41(54)32(3)25-35(6)46(56)47(63-10)45(55)34(5)24-30/h11-13,16-17,25,30,32-34,36-40,42-44,46-47,53,56,60H,14-15,18-24,26-29H2,1-10H3/b13-11+,16-12+,31-17+,35-25+/t30-,32-,33-,34-,36-,37+,38+,39+,40+,42-,43+,44-,46-,47-,51-/m1/s1. The summed E-state index contributed by atoms with van der Waals surface area (Å²) in [5.74, 6) is -7.96. The van der Waals surface area contributed by atoms with Crippen molar-refractivity contribution in [2.75, 3.05) is 27.9 Å². The van der Waals surface area contributed by atoms with Crippen LogP contribution in [0.3, 0.4) is 0 Å². The van der Waals surface area contributed by atoms with Crippen molar-refractivity contribution in [1.82, 2.24) is 4.90 Å². The van der Waals surface area contributed by atoms with Gasteiger partial charge in [0.05, 0.1) is 24.4 Å². The Labute approximate surface area is 387 Å². The van der Waals surface area contributed by atoms with Crippen LogP contribution in [-0.2, 0) is 47.7 Å². The van der Waals surface area contributed by atoms with Crippen LogP contribution in [0.25, 0.3) is 0 Å². The molecule has 3 N–H and O–H groups in total. The van der Waals surface area contributed by atoms with E-state index in [9.17, 15) is 39.3 Å². The fourth-order valence-electron chi connectivity index (χ4n) is 10.1. The van der Waals surface area contributed by atoms with E-state index in [0.717, 1.165) is 12.0 Å². The lowest BCUT2D eigenvalue weighted by atomic mass is 9.78. The average Bonchev–Trinajstić information content (AvgIpc) is 3.28. The lowest BCUT2D eigenvalue weighted by Gasteiger charge is -2.42. The Bertz CT molecular complexity index is 1760. The number of hydrogen-bond acceptors (Lipinski definition) is 13. The van der Waals surface area contributed by atoms with Crippen LogP contribution < -0.4 is 0 Å². The van der Waals surface area contributed by atoms with Gasteiger partial charge >= 0.3 is 5.97 Å². The van der Waals surface area contributed by atoms with E-state index in [1.165, 1.54) is 12.0 Å². The van der Waals surface area contributed by atoms with E-state index in [-0.39, 0.29) is 54.8 Å². The third kappa shape index (κ3) is 14.3. The van der Waals surface area contributed by atoms with Gasteiger partial charge in [-0.25, -0.2) is 4.79 Å². The quantitative estimate of drug-likeness (QED) is 0.156. The van der Waals surface area contributed by atoms with Gasteiger partial charge in [-0.15, -0.1) is 0 Å². The van der Waals surface area contributed by atoms with Crippen molar-refractivity contribution < 1.29 is 63.0 Å². The number of ketones is 3. The van der Waals surface area contributed by atoms with Crippen LogP contribution in [0, 0.1) is 35.5 Å². The van der Waals surface area contributed by atoms with Gasteiger partial charge in [0.25, 0.3) is 11.7 Å². The molecule has 0 aromatic heterocycles. The molecule has 2 bridgehead atoms. The van der Waals surface area contributed by atoms with E-state index >= 15 is 0 Å². The van der Waals surface area contributed by atoms with E-state index in [0.29, 0.717) is 63.4 Å². The Morgan fingerprint density at radius 2 is 1.57 bits per heavy atom. The molecular formula is C51H79NO13. The number of aliphatic hydroxyl groups excluding tert-OH is 2. The molecule has 2 saturated heterocycles. The number of amides is 1. The third-order valence-electron chi connectivity index (χ3n) is 14.5. The van der Waals surface area contributed by atoms with Crippen molar-refractivity contribution in [1.29, 1.82) is 0 Å². The molecule has 65 heavy (non-hydrogen) atoms. The van der Waals surface area contributed by atoms with Gasteiger partial charge in [0, 0.05) is 58.5 Å². The topological polar surface area (TPSA) is 195 Å². The van der Waals surface area contributed by atoms with Crippen molar-refractivity contribution in [3.63, 3.8) is 0 Å². The van der Waals surface area contributed by atoms with E-state index < -0.39 is 83.9 Å². The third-order valence-corrected chi connectivity index (χ3v) is 14.5. The summed E-state index contributed by atoms with van der Waals surface area (Å²) >= 11 is 0. The monoisotopic (exact) mass is 914 g/mol. The Morgan fingerprint density at radius 1 is 0.846 bits per heavy atom. The predicted molar refractivity (Wildman–Crippen MR) is 245 cm³/mol. The molecule has 3 aliphatic heterocycles. The molecule has 366 valence electrons. The summed E-state index contributed by atoms with van der Waals surface area (Å²) in [5.41, 5.74) is 1.27. The molecular weight excluding hydrogens is 835 g/mol. The van der Waals surface area contributed by atoms with Crippen molar-refractivity contribution in [2.45, 2.75) is 180 Å². The first-order chi connectivity index (χ1) is 30.7. The molecule has 4 aliphatic rings. The van der Waals surface area contributed by atoms with Gasteiger partial charge in [0.2, 0.25) is 5.79 Å². The molecule has 14 nitrogen and oxygen atoms in total. The summed E-state index contributed by atoms with van der Waals surface area (Å²) in [7, 11) is 4.52. The molecule has 3 fully saturated rings. The zero-order chi connectivity index (χ0) is 48.2. The van der Waals surface area contributed by atoms with Gasteiger partial charge < -0.3 is 43.9 Å². The minimum Gasteiger partial charge on any atom is -0.460 e. The van der Waals surface area contributed by atoms with Gasteiger partial charge in [-0.2, -0.15) is 0 Å². The van der Waals surface area contributed by atoms with Gasteiger partial charge in [0.15, 0.2) is 5.78 Å². The minimum atomic E-state index is -2.43. The SMILES string of the molecule is CO[C@@H]1C(=O)[C@H](C)C[C@H](C)/C=C/C=C/C=C(\C)[C@H](OC)C[C@@H]2CC[C@@H](C)[C@@](O)(O2)C(=O)C(=O)N2CCCC[C@H]2C(=O)O[C@H]([C@H](C)C[C@@H]2CC[C@H](O)[C@H](OC)C2)CC(=O)[C@H](C)/C=C(\C)[C@H]1O. The van der Waals surface area contributed by atoms with Crippen LogP contribution in [0.1, 0.15) is 126 Å². The van der Waals surface area contributed by atoms with Crippen LogP contribution >= 0.6 is 0 Å². The van der Waals surface area contributed by atoms with E-state index in [1.54, 1.807) is 41.1 Å². The number of nitrogens with zero attached hydrogens (tertiary/aromatic N) is 1. The van der Waals surface area contributed by atoms with Gasteiger partial charge in [-0.3, -0.25) is 19.2 Å². The number of rotatable bonds is 6. The summed E-state index contributed by atoms with van der Waals surface area (Å²) in [4.78, 5) is 71.8. The number of aliphatic hydroxyl groups is 3. The zero-order valence-electron chi connectivity index (χ0n) is 40.6. The number of Topliss-reactive ketones (excluding diaryl/α,β-unsaturated/α-hetero) is 3. The highest BCUT2D eigenvalue weighted by Crippen LogP contribution is 2.38. The summed E-state index contributed by atoms with van der Waals surface area (Å²) in [6.07, 6.45) is 11.2. The van der Waals surface area contributed by atoms with E-state index in [1.807, 2.05) is 58.1 Å². The van der Waals surface area contributed by atoms with Crippen LogP contribution in [0.5, 0.6) is 0 Å². The zero-order valence-corrected chi connectivity index (χ0v) is 40.6. The van der Waals surface area contributed by atoms with Crippen molar-refractivity contribution in [3.8, 4) is 0 Å². The second-order valence-corrected chi connectivity index (χ2v) is 19.6. The van der Waals surface area contributed by atoms with Crippen molar-refractivity contribution >= 4 is 29.2 Å². The fraction of sp³-hybridized carbons (Fsp3) is 0.745. The summed E-state index contributed by atoms with van der Waals surface area (Å²) in [5, 5.41) is 33.8. The lowest BCUT2D eigenvalue weighted by Crippen LogP contribution is -2.61. The first-order valence-electron chi connectivity index (χ1n) is 23.9. The fourth-order valence-corrected chi connectivity index (χ4v) is 10.1. The molecule has 4 rings (SSSR count). The molecule has 1 saturated carbocycles. The van der Waals surface area contributed by atoms with Crippen LogP contribution in [0.4, 0.5) is 0 Å². The molecule has 1 aliphatic carbocycles. The molecule has 0 spiro atoms. The second-order valence-electron chi connectivity index (χ2n) is 19.6. The first kappa shape index (κ1) is 54.2. The number of hydrogen-bond donors (Lipinski definition) is 3. The summed E-state index contributed by atoms with van der Waals surface area (Å²) in [6.45, 7) is 12.7. The summed E-state index contributed by atoms with van der Waals surface area (Å²) in [6, 6.07) is -1.14. The maximum atomic E-state index is 14.4. The maximum Gasteiger partial charge on any atom is 0.329 e. The molecule has 14 heteroatoms. The average molecular weight is 914 g/mol. The Morgan fingerprint density at radius 3 is 2.25 bits per heavy atom. The lowest BCUT2D eigenvalue weighted by molar-refractivity contribution is -0.265. The van der Waals surface area contributed by atoms with Gasteiger partial charge in [-0.1, -0.05) is 71.1 Å². The number of methoxy groups -OCH3 is 3. The highest BCUT2D eigenvalue weighted by atomic mass is 16.6. The van der Waals surface area contributed by atoms with E-state index in [2.05, 4.69) is 0 Å². The second kappa shape index (κ2) is 25.1. The van der Waals surface area contributed by atoms with Gasteiger partial charge in [0.1, 0.15) is 30.1 Å². The Balaban J connectivity index is 1.70. The summed E-state index contributed by atoms with van der Waals surface area (Å²) < 4.78 is 29.4. The highest BCUT2D eigenvalue weighted by Gasteiger charge is 2.53. The number of esters is 1. The Hall–Kier alpha value is -3.37. The number of carbonyl (C=O) groups excluding carboxylic acids is 5. The number of piperidine rings is 1. The molecule has 3 heterocycles. The molecule has 15 atom stereocenters.